The Hall–Kier alpha value is -0.603. The van der Waals surface area contributed by atoms with Crippen molar-refractivity contribution in [3.63, 3.8) is 0 Å². The summed E-state index contributed by atoms with van der Waals surface area (Å²) in [6, 6.07) is 11.8. The van der Waals surface area contributed by atoms with Gasteiger partial charge in [0.1, 0.15) is 0 Å². The molecule has 102 valence electrons. The van der Waals surface area contributed by atoms with Crippen molar-refractivity contribution in [3.8, 4) is 0 Å². The van der Waals surface area contributed by atoms with Gasteiger partial charge in [0.25, 0.3) is 0 Å². The van der Waals surface area contributed by atoms with Crippen LogP contribution in [0, 0.1) is 5.41 Å². The zero-order chi connectivity index (χ0) is 13.8. The topological polar surface area (TPSA) is 9.23 Å². The van der Waals surface area contributed by atoms with Crippen LogP contribution in [0.5, 0.6) is 0 Å². The van der Waals surface area contributed by atoms with Crippen molar-refractivity contribution in [2.75, 3.05) is 0 Å². The molecule has 1 aromatic carbocycles. The standard InChI is InChI=1S/C16H28OSi/c1-14(12-16(2,3)4)17-18(5,6)13-15-10-8-7-9-11-15/h7-11,14H,12-13H2,1-6H3. The summed E-state index contributed by atoms with van der Waals surface area (Å²) in [5.41, 5.74) is 1.74. The Balaban J connectivity index is 2.54. The average Bonchev–Trinajstić information content (AvgIpc) is 2.13. The Morgan fingerprint density at radius 1 is 1.11 bits per heavy atom. The molecule has 0 radical (unpaired) electrons. The monoisotopic (exact) mass is 264 g/mol. The van der Waals surface area contributed by atoms with Gasteiger partial charge in [0.05, 0.1) is 0 Å². The van der Waals surface area contributed by atoms with Crippen molar-refractivity contribution in [1.29, 1.82) is 0 Å². The van der Waals surface area contributed by atoms with Crippen LogP contribution in [0.25, 0.3) is 0 Å². The van der Waals surface area contributed by atoms with E-state index in [0.717, 1.165) is 12.5 Å². The smallest absolute Gasteiger partial charge is 0.191 e. The van der Waals surface area contributed by atoms with E-state index in [1.807, 2.05) is 0 Å². The van der Waals surface area contributed by atoms with Crippen molar-refractivity contribution >= 4 is 8.32 Å². The van der Waals surface area contributed by atoms with E-state index in [9.17, 15) is 0 Å². The first-order chi connectivity index (χ1) is 8.18. The molecular weight excluding hydrogens is 236 g/mol. The van der Waals surface area contributed by atoms with Gasteiger partial charge in [-0.15, -0.1) is 0 Å². The zero-order valence-corrected chi connectivity index (χ0v) is 13.8. The molecule has 0 saturated heterocycles. The minimum atomic E-state index is -1.61. The van der Waals surface area contributed by atoms with E-state index in [0.29, 0.717) is 11.5 Å². The van der Waals surface area contributed by atoms with Crippen molar-refractivity contribution < 1.29 is 4.43 Å². The normalized spacial score (nSPS) is 14.6. The molecule has 0 fully saturated rings. The fraction of sp³-hybridized carbons (Fsp3) is 0.625. The lowest BCUT2D eigenvalue weighted by atomic mass is 9.90. The fourth-order valence-electron chi connectivity index (χ4n) is 2.58. The van der Waals surface area contributed by atoms with Crippen LogP contribution in [0.1, 0.15) is 39.7 Å². The molecule has 0 spiro atoms. The first-order valence-corrected chi connectivity index (χ1v) is 10.0. The summed E-state index contributed by atoms with van der Waals surface area (Å²) in [7, 11) is -1.61. The van der Waals surface area contributed by atoms with Crippen LogP contribution in [0.15, 0.2) is 30.3 Å². The molecule has 1 rings (SSSR count). The molecule has 1 atom stereocenters. The second-order valence-electron chi connectivity index (χ2n) is 7.12. The quantitative estimate of drug-likeness (QED) is 0.693. The Kier molecular flexibility index (Phi) is 5.17. The molecule has 0 aliphatic carbocycles. The number of benzene rings is 1. The average molecular weight is 264 g/mol. The lowest BCUT2D eigenvalue weighted by Crippen LogP contribution is -2.38. The minimum absolute atomic E-state index is 0.344. The van der Waals surface area contributed by atoms with Gasteiger partial charge in [-0.05, 0) is 43.5 Å². The maximum atomic E-state index is 6.36. The summed E-state index contributed by atoms with van der Waals surface area (Å²) >= 11 is 0. The van der Waals surface area contributed by atoms with E-state index in [1.165, 1.54) is 5.56 Å². The Bertz CT molecular complexity index is 351. The molecule has 0 aromatic heterocycles. The van der Waals surface area contributed by atoms with Crippen molar-refractivity contribution in [2.45, 2.75) is 59.4 Å². The maximum absolute atomic E-state index is 6.36. The minimum Gasteiger partial charge on any atom is -0.414 e. The summed E-state index contributed by atoms with van der Waals surface area (Å²) in [5, 5.41) is 0. The highest BCUT2D eigenvalue weighted by Crippen LogP contribution is 2.25. The van der Waals surface area contributed by atoms with E-state index in [2.05, 4.69) is 71.1 Å². The molecule has 1 aromatic rings. The first kappa shape index (κ1) is 15.5. The highest BCUT2D eigenvalue weighted by molar-refractivity contribution is 6.70. The predicted octanol–water partition coefficient (Wildman–Crippen LogP) is 4.81. The van der Waals surface area contributed by atoms with E-state index in [-0.39, 0.29) is 0 Å². The van der Waals surface area contributed by atoms with Gasteiger partial charge in [-0.1, -0.05) is 51.1 Å². The van der Waals surface area contributed by atoms with Gasteiger partial charge in [0.15, 0.2) is 8.32 Å². The van der Waals surface area contributed by atoms with E-state index >= 15 is 0 Å². The summed E-state index contributed by atoms with van der Waals surface area (Å²) in [4.78, 5) is 0. The highest BCUT2D eigenvalue weighted by atomic mass is 28.4. The number of hydrogen-bond donors (Lipinski definition) is 0. The second-order valence-corrected chi connectivity index (χ2v) is 11.2. The summed E-state index contributed by atoms with van der Waals surface area (Å²) in [6.07, 6.45) is 1.48. The Morgan fingerprint density at radius 2 is 1.67 bits per heavy atom. The van der Waals surface area contributed by atoms with Crippen LogP contribution in [-0.2, 0) is 10.5 Å². The van der Waals surface area contributed by atoms with Crippen LogP contribution in [0.3, 0.4) is 0 Å². The molecule has 0 bridgehead atoms. The van der Waals surface area contributed by atoms with Gasteiger partial charge >= 0.3 is 0 Å². The molecule has 0 aliphatic rings. The van der Waals surface area contributed by atoms with Gasteiger partial charge in [-0.25, -0.2) is 0 Å². The molecule has 0 aliphatic heterocycles. The molecule has 0 amide bonds. The largest absolute Gasteiger partial charge is 0.414 e. The summed E-state index contributed by atoms with van der Waals surface area (Å²) in [6.45, 7) is 13.7. The predicted molar refractivity (Wildman–Crippen MR) is 82.2 cm³/mol. The first-order valence-electron chi connectivity index (χ1n) is 6.90. The van der Waals surface area contributed by atoms with Crippen LogP contribution >= 0.6 is 0 Å². The van der Waals surface area contributed by atoms with Crippen molar-refractivity contribution in [2.24, 2.45) is 5.41 Å². The lowest BCUT2D eigenvalue weighted by molar-refractivity contribution is 0.151. The third-order valence-corrected chi connectivity index (χ3v) is 5.19. The van der Waals surface area contributed by atoms with E-state index < -0.39 is 8.32 Å². The van der Waals surface area contributed by atoms with Crippen LogP contribution in [0.4, 0.5) is 0 Å². The molecule has 1 nitrogen and oxygen atoms in total. The Morgan fingerprint density at radius 3 is 2.17 bits per heavy atom. The molecule has 2 heteroatoms. The van der Waals surface area contributed by atoms with Gasteiger partial charge in [-0.2, -0.15) is 0 Å². The molecule has 0 heterocycles. The van der Waals surface area contributed by atoms with Crippen LogP contribution in [0.2, 0.25) is 13.1 Å². The zero-order valence-electron chi connectivity index (χ0n) is 12.8. The van der Waals surface area contributed by atoms with Crippen molar-refractivity contribution in [3.05, 3.63) is 35.9 Å². The number of hydrogen-bond acceptors (Lipinski definition) is 1. The summed E-state index contributed by atoms with van der Waals surface area (Å²) in [5.74, 6) is 0. The van der Waals surface area contributed by atoms with Gasteiger partial charge in [0.2, 0.25) is 0 Å². The molecule has 0 N–H and O–H groups in total. The third kappa shape index (κ3) is 6.36. The highest BCUT2D eigenvalue weighted by Gasteiger charge is 2.27. The van der Waals surface area contributed by atoms with Crippen LogP contribution in [-0.4, -0.2) is 14.4 Å². The lowest BCUT2D eigenvalue weighted by Gasteiger charge is -2.31. The van der Waals surface area contributed by atoms with E-state index in [4.69, 9.17) is 4.43 Å². The van der Waals surface area contributed by atoms with E-state index in [1.54, 1.807) is 0 Å². The molecule has 0 saturated carbocycles. The van der Waals surface area contributed by atoms with Crippen LogP contribution < -0.4 is 0 Å². The second kappa shape index (κ2) is 6.03. The maximum Gasteiger partial charge on any atom is 0.191 e. The van der Waals surface area contributed by atoms with Crippen molar-refractivity contribution in [1.82, 2.24) is 0 Å². The Labute approximate surface area is 114 Å². The fourth-order valence-corrected chi connectivity index (χ4v) is 5.05. The molecular formula is C16H28OSi. The summed E-state index contributed by atoms with van der Waals surface area (Å²) < 4.78 is 6.36. The van der Waals surface area contributed by atoms with Gasteiger partial charge < -0.3 is 4.43 Å². The van der Waals surface area contributed by atoms with Gasteiger partial charge in [-0.3, -0.25) is 0 Å². The molecule has 1 unspecified atom stereocenters. The third-order valence-electron chi connectivity index (χ3n) is 2.89. The van der Waals surface area contributed by atoms with Gasteiger partial charge in [0, 0.05) is 6.10 Å². The molecule has 18 heavy (non-hydrogen) atoms. The SMILES string of the molecule is CC(CC(C)(C)C)O[Si](C)(C)Cc1ccccc1. The number of rotatable bonds is 5.